The van der Waals surface area contributed by atoms with Crippen LogP contribution in [0.2, 0.25) is 0 Å². The fourth-order valence-electron chi connectivity index (χ4n) is 2.32. The van der Waals surface area contributed by atoms with Crippen LogP contribution in [-0.2, 0) is 16.0 Å². The molecule has 1 fully saturated rings. The Balaban J connectivity index is 1.48. The lowest BCUT2D eigenvalue weighted by atomic mass is 10.3. The van der Waals surface area contributed by atoms with E-state index >= 15 is 0 Å². The van der Waals surface area contributed by atoms with Gasteiger partial charge in [0.05, 0.1) is 27.4 Å². The first kappa shape index (κ1) is 15.2. The minimum Gasteiger partial charge on any atom is -0.481 e. The molecule has 116 valence electrons. The molecule has 2 N–H and O–H groups in total. The fourth-order valence-corrected chi connectivity index (χ4v) is 3.98. The van der Waals surface area contributed by atoms with E-state index in [4.69, 9.17) is 5.11 Å². The smallest absolute Gasteiger partial charge is 0.307 e. The molecule has 1 aliphatic carbocycles. The van der Waals surface area contributed by atoms with Crippen molar-refractivity contribution in [1.29, 1.82) is 0 Å². The summed E-state index contributed by atoms with van der Waals surface area (Å²) in [6.45, 7) is 2.53. The Bertz CT molecular complexity index is 707. The van der Waals surface area contributed by atoms with Crippen LogP contribution < -0.4 is 5.32 Å². The van der Waals surface area contributed by atoms with E-state index in [9.17, 15) is 9.59 Å². The number of carboxylic acids is 1. The zero-order valence-corrected chi connectivity index (χ0v) is 13.7. The number of thiazole rings is 1. The van der Waals surface area contributed by atoms with Gasteiger partial charge in [0.25, 0.3) is 0 Å². The minimum atomic E-state index is -0.874. The number of rotatable bonds is 6. The molecular formula is C15H16N2O3S2. The predicted octanol–water partition coefficient (Wildman–Crippen LogP) is 2.56. The summed E-state index contributed by atoms with van der Waals surface area (Å²) in [5, 5.41) is 14.7. The van der Waals surface area contributed by atoms with Crippen LogP contribution in [0, 0.1) is 18.8 Å². The quantitative estimate of drug-likeness (QED) is 0.850. The zero-order valence-electron chi connectivity index (χ0n) is 12.0. The van der Waals surface area contributed by atoms with Gasteiger partial charge in [0.1, 0.15) is 0 Å². The Labute approximate surface area is 136 Å². The summed E-state index contributed by atoms with van der Waals surface area (Å²) in [4.78, 5) is 29.3. The monoisotopic (exact) mass is 336 g/mol. The summed E-state index contributed by atoms with van der Waals surface area (Å²) >= 11 is 3.31. The molecular weight excluding hydrogens is 320 g/mol. The van der Waals surface area contributed by atoms with E-state index in [2.05, 4.69) is 22.4 Å². The Kier molecular flexibility index (Phi) is 4.26. The van der Waals surface area contributed by atoms with Crippen molar-refractivity contribution in [2.24, 2.45) is 11.8 Å². The summed E-state index contributed by atoms with van der Waals surface area (Å²) in [5.41, 5.74) is 1.00. The third kappa shape index (κ3) is 3.36. The van der Waals surface area contributed by atoms with Crippen LogP contribution >= 0.6 is 22.7 Å². The SMILES string of the molecule is Cc1nc(-c2ccc(CCNC(=O)[C@H]3C[C@H]3C(=O)O)s2)cs1. The van der Waals surface area contributed by atoms with Crippen molar-refractivity contribution < 1.29 is 14.7 Å². The molecule has 0 saturated heterocycles. The zero-order chi connectivity index (χ0) is 15.7. The van der Waals surface area contributed by atoms with Gasteiger partial charge in [-0.3, -0.25) is 9.59 Å². The molecule has 2 atom stereocenters. The van der Waals surface area contributed by atoms with Crippen molar-refractivity contribution in [2.75, 3.05) is 6.54 Å². The van der Waals surface area contributed by atoms with Gasteiger partial charge in [0, 0.05) is 16.8 Å². The molecule has 0 unspecified atom stereocenters. The Morgan fingerprint density at radius 3 is 2.86 bits per heavy atom. The average Bonchev–Trinajstić information content (AvgIpc) is 2.97. The van der Waals surface area contributed by atoms with Crippen molar-refractivity contribution >= 4 is 34.6 Å². The number of nitrogens with zero attached hydrogens (tertiary/aromatic N) is 1. The molecule has 1 saturated carbocycles. The highest BCUT2D eigenvalue weighted by Crippen LogP contribution is 2.38. The number of aryl methyl sites for hydroxylation is 1. The number of hydrogen-bond donors (Lipinski definition) is 2. The third-order valence-electron chi connectivity index (χ3n) is 3.65. The minimum absolute atomic E-state index is 0.140. The van der Waals surface area contributed by atoms with E-state index in [1.54, 1.807) is 22.7 Å². The van der Waals surface area contributed by atoms with Gasteiger partial charge in [-0.1, -0.05) is 0 Å². The number of amides is 1. The maximum atomic E-state index is 11.8. The summed E-state index contributed by atoms with van der Waals surface area (Å²) in [5.74, 6) is -1.84. The molecule has 0 spiro atoms. The van der Waals surface area contributed by atoms with Gasteiger partial charge in [0.2, 0.25) is 5.91 Å². The fraction of sp³-hybridized carbons (Fsp3) is 0.400. The molecule has 1 amide bonds. The summed E-state index contributed by atoms with van der Waals surface area (Å²) in [7, 11) is 0. The van der Waals surface area contributed by atoms with Crippen LogP contribution in [0.5, 0.6) is 0 Å². The van der Waals surface area contributed by atoms with Crippen LogP contribution in [0.4, 0.5) is 0 Å². The van der Waals surface area contributed by atoms with Gasteiger partial charge in [-0.25, -0.2) is 4.98 Å². The van der Waals surface area contributed by atoms with Gasteiger partial charge >= 0.3 is 5.97 Å². The van der Waals surface area contributed by atoms with Gasteiger partial charge in [0.15, 0.2) is 0 Å². The molecule has 2 heterocycles. The van der Waals surface area contributed by atoms with E-state index in [1.807, 2.05) is 12.3 Å². The number of nitrogens with one attached hydrogen (secondary N) is 1. The molecule has 1 aliphatic rings. The molecule has 22 heavy (non-hydrogen) atoms. The molecule has 2 aromatic heterocycles. The number of carbonyl (C=O) groups is 2. The molecule has 7 heteroatoms. The second-order valence-electron chi connectivity index (χ2n) is 5.35. The first-order valence-corrected chi connectivity index (χ1v) is 8.76. The predicted molar refractivity (Wildman–Crippen MR) is 86.1 cm³/mol. The van der Waals surface area contributed by atoms with E-state index in [0.717, 1.165) is 22.0 Å². The topological polar surface area (TPSA) is 79.3 Å². The first-order valence-electron chi connectivity index (χ1n) is 7.06. The van der Waals surface area contributed by atoms with E-state index in [1.165, 1.54) is 4.88 Å². The summed E-state index contributed by atoms with van der Waals surface area (Å²) in [6, 6.07) is 4.11. The van der Waals surface area contributed by atoms with Gasteiger partial charge in [-0.05, 0) is 31.9 Å². The van der Waals surface area contributed by atoms with Gasteiger partial charge in [-0.2, -0.15) is 0 Å². The van der Waals surface area contributed by atoms with E-state index in [0.29, 0.717) is 13.0 Å². The van der Waals surface area contributed by atoms with Crippen molar-refractivity contribution in [3.8, 4) is 10.6 Å². The molecule has 0 aliphatic heterocycles. The summed E-state index contributed by atoms with van der Waals surface area (Å²) < 4.78 is 0. The lowest BCUT2D eigenvalue weighted by Crippen LogP contribution is -2.28. The largest absolute Gasteiger partial charge is 0.481 e. The van der Waals surface area contributed by atoms with Crippen LogP contribution in [0.3, 0.4) is 0 Å². The molecule has 5 nitrogen and oxygen atoms in total. The van der Waals surface area contributed by atoms with Crippen LogP contribution in [0.1, 0.15) is 16.3 Å². The molecule has 0 bridgehead atoms. The molecule has 3 rings (SSSR count). The van der Waals surface area contributed by atoms with Crippen molar-refractivity contribution in [2.45, 2.75) is 19.8 Å². The lowest BCUT2D eigenvalue weighted by Gasteiger charge is -2.02. The molecule has 0 radical (unpaired) electrons. The third-order valence-corrected chi connectivity index (χ3v) is 5.59. The first-order chi connectivity index (χ1) is 10.5. The van der Waals surface area contributed by atoms with Crippen LogP contribution in [0.25, 0.3) is 10.6 Å². The number of carbonyl (C=O) groups excluding carboxylic acids is 1. The van der Waals surface area contributed by atoms with Gasteiger partial charge < -0.3 is 10.4 Å². The number of aliphatic carboxylic acids is 1. The highest BCUT2D eigenvalue weighted by Gasteiger charge is 2.48. The highest BCUT2D eigenvalue weighted by molar-refractivity contribution is 7.16. The Morgan fingerprint density at radius 1 is 1.41 bits per heavy atom. The second-order valence-corrected chi connectivity index (χ2v) is 7.58. The van der Waals surface area contributed by atoms with Crippen LogP contribution in [0.15, 0.2) is 17.5 Å². The molecule has 0 aromatic carbocycles. The van der Waals surface area contributed by atoms with Crippen molar-refractivity contribution in [3.63, 3.8) is 0 Å². The molecule has 2 aromatic rings. The van der Waals surface area contributed by atoms with Crippen molar-refractivity contribution in [3.05, 3.63) is 27.4 Å². The Hall–Kier alpha value is -1.73. The standard InChI is InChI=1S/C15H16N2O3S2/c1-8-17-12(7-21-8)13-3-2-9(22-13)4-5-16-14(18)10-6-11(10)15(19)20/h2-3,7,10-11H,4-6H2,1H3,(H,16,18)(H,19,20)/t10-,11+/m0/s1. The summed E-state index contributed by atoms with van der Waals surface area (Å²) in [6.07, 6.45) is 1.22. The normalized spacial score (nSPS) is 19.9. The maximum absolute atomic E-state index is 11.8. The number of aromatic nitrogens is 1. The van der Waals surface area contributed by atoms with Crippen LogP contribution in [-0.4, -0.2) is 28.5 Å². The number of carboxylic acid groups (broad SMARTS) is 1. The van der Waals surface area contributed by atoms with Gasteiger partial charge in [-0.15, -0.1) is 22.7 Å². The van der Waals surface area contributed by atoms with Crippen molar-refractivity contribution in [1.82, 2.24) is 10.3 Å². The maximum Gasteiger partial charge on any atom is 0.307 e. The number of thiophene rings is 1. The lowest BCUT2D eigenvalue weighted by molar-refractivity contribution is -0.140. The average molecular weight is 336 g/mol. The second kappa shape index (κ2) is 6.18. The highest BCUT2D eigenvalue weighted by atomic mass is 32.1. The van der Waals surface area contributed by atoms with E-state index in [-0.39, 0.29) is 11.8 Å². The Morgan fingerprint density at radius 2 is 2.23 bits per heavy atom. The number of hydrogen-bond acceptors (Lipinski definition) is 5. The van der Waals surface area contributed by atoms with E-state index < -0.39 is 11.9 Å².